The number of ether oxygens (including phenoxy) is 1. The lowest BCUT2D eigenvalue weighted by Crippen LogP contribution is -2.34. The summed E-state index contributed by atoms with van der Waals surface area (Å²) in [5.74, 6) is 0. The Morgan fingerprint density at radius 1 is 1.71 bits per heavy atom. The molecule has 2 N–H and O–H groups in total. The van der Waals surface area contributed by atoms with Gasteiger partial charge in [-0.3, -0.25) is 14.3 Å². The monoisotopic (exact) mass is 293 g/mol. The highest BCUT2D eigenvalue weighted by Gasteiger charge is 2.35. The van der Waals surface area contributed by atoms with Crippen molar-refractivity contribution in [1.29, 1.82) is 0 Å². The first kappa shape index (κ1) is 15.0. The molecule has 2 heterocycles. The van der Waals surface area contributed by atoms with Gasteiger partial charge in [0.2, 0.25) is 0 Å². The summed E-state index contributed by atoms with van der Waals surface area (Å²) >= 11 is 0. The van der Waals surface area contributed by atoms with E-state index in [1.54, 1.807) is 6.92 Å². The molecule has 1 aliphatic heterocycles. The lowest BCUT2D eigenvalue weighted by atomic mass is 10.1. The SMILES string of the molecule is C=C(C)c1cn([C@H]2C[C@@H](N=[N+]=[N-])[C@@H](CO)O2)c(=O)[nH]c1=O. The number of azide groups is 1. The van der Waals surface area contributed by atoms with E-state index < -0.39 is 29.6 Å². The zero-order valence-corrected chi connectivity index (χ0v) is 11.4. The highest BCUT2D eigenvalue weighted by atomic mass is 16.5. The Bertz CT molecular complexity index is 715. The summed E-state index contributed by atoms with van der Waals surface area (Å²) < 4.78 is 6.72. The topological polar surface area (TPSA) is 133 Å². The van der Waals surface area contributed by atoms with Gasteiger partial charge in [0, 0.05) is 17.5 Å². The molecular formula is C12H15N5O4. The highest BCUT2D eigenvalue weighted by Crippen LogP contribution is 2.29. The molecule has 0 radical (unpaired) electrons. The van der Waals surface area contributed by atoms with Crippen molar-refractivity contribution in [3.05, 3.63) is 49.6 Å². The minimum absolute atomic E-state index is 0.233. The van der Waals surface area contributed by atoms with Gasteiger partial charge in [-0.2, -0.15) is 0 Å². The van der Waals surface area contributed by atoms with Crippen molar-refractivity contribution in [2.45, 2.75) is 31.7 Å². The average molecular weight is 293 g/mol. The summed E-state index contributed by atoms with van der Waals surface area (Å²) in [6.45, 7) is 5.00. The average Bonchev–Trinajstić information content (AvgIpc) is 2.81. The molecule has 0 amide bonds. The molecule has 1 aromatic rings. The van der Waals surface area contributed by atoms with Gasteiger partial charge in [0.15, 0.2) is 0 Å². The molecule has 0 spiro atoms. The van der Waals surface area contributed by atoms with Crippen LogP contribution in [-0.4, -0.2) is 33.4 Å². The van der Waals surface area contributed by atoms with Crippen LogP contribution in [0, 0.1) is 0 Å². The second-order valence-corrected chi connectivity index (χ2v) is 4.81. The second-order valence-electron chi connectivity index (χ2n) is 4.81. The van der Waals surface area contributed by atoms with E-state index in [0.717, 1.165) is 0 Å². The number of rotatable bonds is 4. The predicted molar refractivity (Wildman–Crippen MR) is 74.6 cm³/mol. The minimum atomic E-state index is -0.722. The van der Waals surface area contributed by atoms with Crippen molar-refractivity contribution in [3.8, 4) is 0 Å². The molecule has 1 aliphatic rings. The number of nitrogens with zero attached hydrogens (tertiary/aromatic N) is 4. The van der Waals surface area contributed by atoms with Crippen molar-refractivity contribution in [2.75, 3.05) is 6.61 Å². The first-order chi connectivity index (χ1) is 9.97. The predicted octanol–water partition coefficient (Wildman–Crippen LogP) is 0.528. The maximum Gasteiger partial charge on any atom is 0.330 e. The quantitative estimate of drug-likeness (QED) is 0.475. The zero-order valence-electron chi connectivity index (χ0n) is 11.4. The van der Waals surface area contributed by atoms with Crippen LogP contribution in [0.4, 0.5) is 0 Å². The molecule has 0 unspecified atom stereocenters. The highest BCUT2D eigenvalue weighted by molar-refractivity contribution is 5.59. The number of hydrogen-bond acceptors (Lipinski definition) is 5. The maximum atomic E-state index is 11.9. The molecular weight excluding hydrogens is 278 g/mol. The van der Waals surface area contributed by atoms with Gasteiger partial charge >= 0.3 is 5.69 Å². The normalized spacial score (nSPS) is 24.6. The third-order valence-electron chi connectivity index (χ3n) is 3.32. The van der Waals surface area contributed by atoms with Gasteiger partial charge in [0.25, 0.3) is 5.56 Å². The maximum absolute atomic E-state index is 11.9. The summed E-state index contributed by atoms with van der Waals surface area (Å²) in [5, 5.41) is 12.8. The fourth-order valence-electron chi connectivity index (χ4n) is 2.24. The van der Waals surface area contributed by atoms with E-state index in [-0.39, 0.29) is 18.6 Å². The van der Waals surface area contributed by atoms with Crippen molar-refractivity contribution >= 4 is 5.57 Å². The van der Waals surface area contributed by atoms with Crippen LogP contribution in [0.1, 0.15) is 25.1 Å². The number of hydrogen-bond donors (Lipinski definition) is 2. The Labute approximate surface area is 119 Å². The van der Waals surface area contributed by atoms with Crippen molar-refractivity contribution in [1.82, 2.24) is 9.55 Å². The Balaban J connectivity index is 2.41. The molecule has 0 aliphatic carbocycles. The number of aromatic amines is 1. The van der Waals surface area contributed by atoms with E-state index in [2.05, 4.69) is 21.6 Å². The summed E-state index contributed by atoms with van der Waals surface area (Å²) in [6.07, 6.45) is 0.191. The second kappa shape index (κ2) is 5.96. The molecule has 1 fully saturated rings. The van der Waals surface area contributed by atoms with Crippen molar-refractivity contribution < 1.29 is 9.84 Å². The number of aliphatic hydroxyl groups excluding tert-OH is 1. The largest absolute Gasteiger partial charge is 0.394 e. The van der Waals surface area contributed by atoms with E-state index in [4.69, 9.17) is 10.3 Å². The molecule has 2 rings (SSSR count). The van der Waals surface area contributed by atoms with Crippen LogP contribution in [0.3, 0.4) is 0 Å². The van der Waals surface area contributed by atoms with Gasteiger partial charge in [-0.25, -0.2) is 4.79 Å². The fraction of sp³-hybridized carbons (Fsp3) is 0.500. The number of aromatic nitrogens is 2. The van der Waals surface area contributed by atoms with Gasteiger partial charge in [0.1, 0.15) is 6.23 Å². The third kappa shape index (κ3) is 2.89. The molecule has 1 saturated heterocycles. The Kier molecular flexibility index (Phi) is 4.27. The van der Waals surface area contributed by atoms with Gasteiger partial charge in [0.05, 0.1) is 24.3 Å². The Morgan fingerprint density at radius 2 is 2.43 bits per heavy atom. The molecule has 21 heavy (non-hydrogen) atoms. The van der Waals surface area contributed by atoms with Gasteiger partial charge < -0.3 is 9.84 Å². The van der Waals surface area contributed by atoms with Crippen LogP contribution in [0.15, 0.2) is 27.5 Å². The molecule has 112 valence electrons. The van der Waals surface area contributed by atoms with Crippen LogP contribution >= 0.6 is 0 Å². The van der Waals surface area contributed by atoms with Crippen LogP contribution < -0.4 is 11.2 Å². The van der Waals surface area contributed by atoms with Crippen LogP contribution in [-0.2, 0) is 4.74 Å². The van der Waals surface area contributed by atoms with E-state index in [0.29, 0.717) is 5.57 Å². The first-order valence-corrected chi connectivity index (χ1v) is 6.29. The number of H-pyrrole nitrogens is 1. The molecule has 0 saturated carbocycles. The summed E-state index contributed by atoms with van der Waals surface area (Å²) in [7, 11) is 0. The molecule has 3 atom stereocenters. The molecule has 0 bridgehead atoms. The van der Waals surface area contributed by atoms with Gasteiger partial charge in [-0.1, -0.05) is 11.7 Å². The molecule has 0 aromatic carbocycles. The van der Waals surface area contributed by atoms with Gasteiger partial charge in [-0.15, -0.1) is 0 Å². The van der Waals surface area contributed by atoms with Crippen molar-refractivity contribution in [3.63, 3.8) is 0 Å². The van der Waals surface area contributed by atoms with E-state index in [1.807, 2.05) is 0 Å². The molecule has 1 aromatic heterocycles. The van der Waals surface area contributed by atoms with Crippen LogP contribution in [0.25, 0.3) is 16.0 Å². The minimum Gasteiger partial charge on any atom is -0.394 e. The molecule has 9 heteroatoms. The molecule has 9 nitrogen and oxygen atoms in total. The summed E-state index contributed by atoms with van der Waals surface area (Å²) in [6, 6.07) is -0.572. The number of nitrogens with one attached hydrogen (secondary N) is 1. The van der Waals surface area contributed by atoms with E-state index >= 15 is 0 Å². The van der Waals surface area contributed by atoms with E-state index in [9.17, 15) is 14.7 Å². The summed E-state index contributed by atoms with van der Waals surface area (Å²) in [4.78, 5) is 28.4. The van der Waals surface area contributed by atoms with Crippen LogP contribution in [0.2, 0.25) is 0 Å². The van der Waals surface area contributed by atoms with E-state index in [1.165, 1.54) is 10.8 Å². The smallest absolute Gasteiger partial charge is 0.330 e. The third-order valence-corrected chi connectivity index (χ3v) is 3.32. The Hall–Kier alpha value is -2.35. The standard InChI is InChI=1S/C12H15N5O4/c1-6(2)7-4-17(12(20)14-11(7)19)10-3-8(15-16-13)9(5-18)21-10/h4,8-10,18H,1,3,5H2,2H3,(H,14,19,20)/t8-,9-,10-/m1/s1. The lowest BCUT2D eigenvalue weighted by Gasteiger charge is -2.15. The number of allylic oxidation sites excluding steroid dienone is 1. The number of aliphatic hydroxyl groups is 1. The van der Waals surface area contributed by atoms with Crippen molar-refractivity contribution in [2.24, 2.45) is 5.11 Å². The fourth-order valence-corrected chi connectivity index (χ4v) is 2.24. The summed E-state index contributed by atoms with van der Waals surface area (Å²) in [5.41, 5.74) is 8.12. The lowest BCUT2D eigenvalue weighted by molar-refractivity contribution is -0.0271. The Morgan fingerprint density at radius 3 is 3.00 bits per heavy atom. The first-order valence-electron chi connectivity index (χ1n) is 6.29. The zero-order chi connectivity index (χ0) is 15.6. The van der Waals surface area contributed by atoms with Gasteiger partial charge in [-0.05, 0) is 18.0 Å². The van der Waals surface area contributed by atoms with Crippen LogP contribution in [0.5, 0.6) is 0 Å².